The Kier molecular flexibility index (Phi) is 4.67. The molecule has 0 fully saturated rings. The topological polar surface area (TPSA) is 77.2 Å². The number of hydrogen-bond acceptors (Lipinski definition) is 4. The molecule has 0 unspecified atom stereocenters. The summed E-state index contributed by atoms with van der Waals surface area (Å²) < 4.78 is 5.54. The molecule has 1 heterocycles. The van der Waals surface area contributed by atoms with Gasteiger partial charge in [0.1, 0.15) is 5.69 Å². The summed E-state index contributed by atoms with van der Waals surface area (Å²) in [5.41, 5.74) is 5.52. The van der Waals surface area contributed by atoms with Gasteiger partial charge in [0.15, 0.2) is 0 Å². The molecule has 1 rings (SSSR count). The third-order valence-electron chi connectivity index (χ3n) is 2.49. The van der Waals surface area contributed by atoms with E-state index in [4.69, 9.17) is 10.5 Å². The van der Waals surface area contributed by atoms with Crippen LogP contribution in [0.3, 0.4) is 0 Å². The Bertz CT molecular complexity index is 416. The molecular formula is C13H21N3O2. The lowest BCUT2D eigenvalue weighted by Gasteiger charge is -2.22. The highest BCUT2D eigenvalue weighted by Crippen LogP contribution is 2.24. The van der Waals surface area contributed by atoms with E-state index in [2.05, 4.69) is 10.3 Å². The molecule has 0 saturated carbocycles. The number of anilines is 1. The van der Waals surface area contributed by atoms with Crippen molar-refractivity contribution < 1.29 is 9.53 Å². The van der Waals surface area contributed by atoms with Crippen LogP contribution in [0.2, 0.25) is 0 Å². The third-order valence-corrected chi connectivity index (χ3v) is 2.49. The number of nitrogens with zero attached hydrogens (tertiary/aromatic N) is 1. The Morgan fingerprint density at radius 3 is 2.78 bits per heavy atom. The number of carbonyl (C=O) groups is 1. The fourth-order valence-electron chi connectivity index (χ4n) is 1.19. The maximum absolute atomic E-state index is 12.0. The Morgan fingerprint density at radius 2 is 2.22 bits per heavy atom. The van der Waals surface area contributed by atoms with Crippen molar-refractivity contribution in [1.82, 2.24) is 4.98 Å². The molecule has 0 aliphatic rings. The van der Waals surface area contributed by atoms with Gasteiger partial charge in [-0.15, -0.1) is 0 Å². The van der Waals surface area contributed by atoms with Gasteiger partial charge in [0.05, 0.1) is 11.5 Å². The standard InChI is InChI=1S/C13H21N3O2/c1-9(2)18-11-10(6-5-7-15-11)16-12(17)13(3,4)8-14/h5-7,9H,8,14H2,1-4H3,(H,16,17). The molecule has 100 valence electrons. The first-order chi connectivity index (χ1) is 8.36. The van der Waals surface area contributed by atoms with Gasteiger partial charge in [-0.3, -0.25) is 4.79 Å². The number of aromatic nitrogens is 1. The van der Waals surface area contributed by atoms with Crippen LogP contribution in [0.5, 0.6) is 5.88 Å². The molecule has 0 radical (unpaired) electrons. The summed E-state index contributed by atoms with van der Waals surface area (Å²) in [4.78, 5) is 16.1. The monoisotopic (exact) mass is 251 g/mol. The molecule has 0 saturated heterocycles. The second-order valence-corrected chi connectivity index (χ2v) is 5.06. The van der Waals surface area contributed by atoms with Crippen molar-refractivity contribution in [2.45, 2.75) is 33.8 Å². The second-order valence-electron chi connectivity index (χ2n) is 5.06. The van der Waals surface area contributed by atoms with Gasteiger partial charge in [0.2, 0.25) is 11.8 Å². The molecule has 18 heavy (non-hydrogen) atoms. The minimum absolute atomic E-state index is 0.00179. The van der Waals surface area contributed by atoms with E-state index < -0.39 is 5.41 Å². The maximum Gasteiger partial charge on any atom is 0.238 e. The Labute approximate surface area is 108 Å². The largest absolute Gasteiger partial charge is 0.473 e. The third kappa shape index (κ3) is 3.70. The number of nitrogens with one attached hydrogen (secondary N) is 1. The number of pyridine rings is 1. The van der Waals surface area contributed by atoms with Crippen molar-refractivity contribution in [3.05, 3.63) is 18.3 Å². The quantitative estimate of drug-likeness (QED) is 0.836. The molecule has 0 spiro atoms. The Hall–Kier alpha value is -1.62. The van der Waals surface area contributed by atoms with Gasteiger partial charge in [0.25, 0.3) is 0 Å². The van der Waals surface area contributed by atoms with Crippen LogP contribution < -0.4 is 15.8 Å². The first-order valence-electron chi connectivity index (χ1n) is 6.00. The average molecular weight is 251 g/mol. The van der Waals surface area contributed by atoms with Crippen LogP contribution in [0, 0.1) is 5.41 Å². The molecule has 5 heteroatoms. The smallest absolute Gasteiger partial charge is 0.238 e. The van der Waals surface area contributed by atoms with Gasteiger partial charge in [0, 0.05) is 12.7 Å². The Balaban J connectivity index is 2.87. The highest BCUT2D eigenvalue weighted by Gasteiger charge is 2.26. The van der Waals surface area contributed by atoms with Crippen LogP contribution in [0.1, 0.15) is 27.7 Å². The maximum atomic E-state index is 12.0. The highest BCUT2D eigenvalue weighted by atomic mass is 16.5. The van der Waals surface area contributed by atoms with Crippen molar-refractivity contribution in [2.75, 3.05) is 11.9 Å². The number of ether oxygens (including phenoxy) is 1. The highest BCUT2D eigenvalue weighted by molar-refractivity contribution is 5.95. The normalized spacial score (nSPS) is 11.4. The summed E-state index contributed by atoms with van der Waals surface area (Å²) >= 11 is 0. The van der Waals surface area contributed by atoms with Crippen LogP contribution in [0.4, 0.5) is 5.69 Å². The first kappa shape index (κ1) is 14.4. The van der Waals surface area contributed by atoms with E-state index in [0.717, 1.165) is 0 Å². The SMILES string of the molecule is CC(C)Oc1ncccc1NC(=O)C(C)(C)CN. The number of amides is 1. The fraction of sp³-hybridized carbons (Fsp3) is 0.538. The average Bonchev–Trinajstić information content (AvgIpc) is 2.31. The summed E-state index contributed by atoms with van der Waals surface area (Å²) in [5.74, 6) is 0.278. The van der Waals surface area contributed by atoms with Crippen molar-refractivity contribution in [3.8, 4) is 5.88 Å². The second kappa shape index (κ2) is 5.82. The molecule has 1 amide bonds. The van der Waals surface area contributed by atoms with E-state index in [1.165, 1.54) is 0 Å². The number of nitrogens with two attached hydrogens (primary N) is 1. The van der Waals surface area contributed by atoms with E-state index in [0.29, 0.717) is 11.6 Å². The summed E-state index contributed by atoms with van der Waals surface area (Å²) in [6, 6.07) is 3.51. The molecule has 0 atom stereocenters. The van der Waals surface area contributed by atoms with Crippen molar-refractivity contribution >= 4 is 11.6 Å². The molecule has 1 aromatic rings. The zero-order valence-electron chi connectivity index (χ0n) is 11.4. The van der Waals surface area contributed by atoms with Crippen LogP contribution in [0.25, 0.3) is 0 Å². The van der Waals surface area contributed by atoms with Gasteiger partial charge < -0.3 is 15.8 Å². The summed E-state index contributed by atoms with van der Waals surface area (Å²) in [6.07, 6.45) is 1.62. The molecule has 0 aromatic carbocycles. The molecule has 5 nitrogen and oxygen atoms in total. The van der Waals surface area contributed by atoms with Gasteiger partial charge in [-0.2, -0.15) is 0 Å². The minimum atomic E-state index is -0.620. The number of rotatable bonds is 5. The zero-order chi connectivity index (χ0) is 13.8. The van der Waals surface area contributed by atoms with Crippen LogP contribution in [-0.4, -0.2) is 23.5 Å². The van der Waals surface area contributed by atoms with E-state index >= 15 is 0 Å². The summed E-state index contributed by atoms with van der Waals surface area (Å²) in [7, 11) is 0. The zero-order valence-corrected chi connectivity index (χ0v) is 11.4. The number of carbonyl (C=O) groups excluding carboxylic acids is 1. The van der Waals surface area contributed by atoms with Gasteiger partial charge in [-0.25, -0.2) is 4.98 Å². The van der Waals surface area contributed by atoms with E-state index in [9.17, 15) is 4.79 Å². The predicted octanol–water partition coefficient (Wildman–Crippen LogP) is 1.79. The van der Waals surface area contributed by atoms with Gasteiger partial charge in [-0.1, -0.05) is 0 Å². The molecule has 1 aromatic heterocycles. The van der Waals surface area contributed by atoms with Crippen molar-refractivity contribution in [3.63, 3.8) is 0 Å². The van der Waals surface area contributed by atoms with Crippen LogP contribution in [0.15, 0.2) is 18.3 Å². The van der Waals surface area contributed by atoms with Crippen molar-refractivity contribution in [2.24, 2.45) is 11.1 Å². The molecule has 0 bridgehead atoms. The first-order valence-corrected chi connectivity index (χ1v) is 6.00. The van der Waals surface area contributed by atoms with E-state index in [1.54, 1.807) is 32.2 Å². The van der Waals surface area contributed by atoms with Crippen molar-refractivity contribution in [1.29, 1.82) is 0 Å². The lowest BCUT2D eigenvalue weighted by atomic mass is 9.92. The van der Waals surface area contributed by atoms with Crippen LogP contribution in [-0.2, 0) is 4.79 Å². The van der Waals surface area contributed by atoms with Crippen LogP contribution >= 0.6 is 0 Å². The molecule has 0 aliphatic carbocycles. The predicted molar refractivity (Wildman–Crippen MR) is 71.5 cm³/mol. The van der Waals surface area contributed by atoms with Gasteiger partial charge in [-0.05, 0) is 39.8 Å². The lowest BCUT2D eigenvalue weighted by Crippen LogP contribution is -2.37. The molecule has 0 aliphatic heterocycles. The summed E-state index contributed by atoms with van der Waals surface area (Å²) in [6.45, 7) is 7.68. The van der Waals surface area contributed by atoms with Gasteiger partial charge >= 0.3 is 0 Å². The Morgan fingerprint density at radius 1 is 1.56 bits per heavy atom. The summed E-state index contributed by atoms with van der Waals surface area (Å²) in [5, 5.41) is 2.80. The minimum Gasteiger partial charge on any atom is -0.473 e. The molecular weight excluding hydrogens is 230 g/mol. The van der Waals surface area contributed by atoms with E-state index in [1.807, 2.05) is 13.8 Å². The lowest BCUT2D eigenvalue weighted by molar-refractivity contribution is -0.123. The fourth-order valence-corrected chi connectivity index (χ4v) is 1.19. The number of hydrogen-bond donors (Lipinski definition) is 2. The molecule has 3 N–H and O–H groups in total. The van der Waals surface area contributed by atoms with E-state index in [-0.39, 0.29) is 18.6 Å².